The Labute approximate surface area is 63.8 Å². The first-order valence-electron chi connectivity index (χ1n) is 2.92. The highest BCUT2D eigenvalue weighted by molar-refractivity contribution is 5.48. The van der Waals surface area contributed by atoms with Crippen LogP contribution in [0.2, 0.25) is 0 Å². The van der Waals surface area contributed by atoms with Crippen molar-refractivity contribution >= 4 is 5.69 Å². The van der Waals surface area contributed by atoms with Gasteiger partial charge < -0.3 is 0 Å². The predicted octanol–water partition coefficient (Wildman–Crippen LogP) is 1.53. The molecule has 0 aliphatic carbocycles. The molecule has 0 saturated heterocycles. The maximum atomic E-state index is 10.3. The predicted molar refractivity (Wildman–Crippen MR) is 39.3 cm³/mol. The summed E-state index contributed by atoms with van der Waals surface area (Å²) in [5.74, 6) is 1.99. The second-order valence-electron chi connectivity index (χ2n) is 1.90. The summed E-state index contributed by atoms with van der Waals surface area (Å²) in [7, 11) is 0. The zero-order valence-corrected chi connectivity index (χ0v) is 5.57. The van der Waals surface area contributed by atoms with Gasteiger partial charge in [-0.3, -0.25) is 10.1 Å². The van der Waals surface area contributed by atoms with Gasteiger partial charge in [-0.25, -0.2) is 0 Å². The van der Waals surface area contributed by atoms with E-state index in [1.54, 1.807) is 12.1 Å². The van der Waals surface area contributed by atoms with Crippen LogP contribution < -0.4 is 0 Å². The van der Waals surface area contributed by atoms with E-state index in [0.29, 0.717) is 0 Å². The monoisotopic (exact) mass is 146 g/mol. The molecule has 1 radical (unpaired) electrons. The summed E-state index contributed by atoms with van der Waals surface area (Å²) in [4.78, 5) is 9.73. The molecule has 0 saturated carbocycles. The second kappa shape index (κ2) is 2.84. The lowest BCUT2D eigenvalue weighted by Crippen LogP contribution is -1.90. The molecule has 53 valence electrons. The number of hydrogen-bond donors (Lipinski definition) is 0. The quantitative estimate of drug-likeness (QED) is 0.342. The van der Waals surface area contributed by atoms with Gasteiger partial charge in [0.25, 0.3) is 5.69 Å². The van der Waals surface area contributed by atoms with Crippen LogP contribution in [0, 0.1) is 22.5 Å². The van der Waals surface area contributed by atoms with Crippen molar-refractivity contribution in [3.63, 3.8) is 0 Å². The van der Waals surface area contributed by atoms with E-state index in [-0.39, 0.29) is 11.3 Å². The Morgan fingerprint density at radius 3 is 2.55 bits per heavy atom. The zero-order chi connectivity index (χ0) is 8.27. The van der Waals surface area contributed by atoms with Crippen LogP contribution in [0.5, 0.6) is 0 Å². The summed E-state index contributed by atoms with van der Waals surface area (Å²) in [5, 5.41) is 10.3. The lowest BCUT2D eigenvalue weighted by atomic mass is 10.2. The molecule has 0 amide bonds. The Morgan fingerprint density at radius 2 is 2.09 bits per heavy atom. The van der Waals surface area contributed by atoms with Crippen LogP contribution in [0.25, 0.3) is 0 Å². The van der Waals surface area contributed by atoms with Crippen molar-refractivity contribution in [2.75, 3.05) is 0 Å². The van der Waals surface area contributed by atoms with E-state index < -0.39 is 4.92 Å². The van der Waals surface area contributed by atoms with E-state index in [2.05, 4.69) is 0 Å². The molecule has 0 aromatic heterocycles. The molecular weight excluding hydrogens is 142 g/mol. The molecule has 1 rings (SSSR count). The molecule has 11 heavy (non-hydrogen) atoms. The number of para-hydroxylation sites is 1. The lowest BCUT2D eigenvalue weighted by Gasteiger charge is -1.91. The van der Waals surface area contributed by atoms with E-state index in [1.165, 1.54) is 12.1 Å². The zero-order valence-electron chi connectivity index (χ0n) is 5.57. The van der Waals surface area contributed by atoms with E-state index in [1.807, 2.05) is 5.92 Å². The van der Waals surface area contributed by atoms with E-state index >= 15 is 0 Å². The number of nitro groups is 1. The number of hydrogen-bond acceptors (Lipinski definition) is 2. The maximum absolute atomic E-state index is 10.3. The highest BCUT2D eigenvalue weighted by Gasteiger charge is 2.08. The Hall–Kier alpha value is -1.82. The topological polar surface area (TPSA) is 43.1 Å². The van der Waals surface area contributed by atoms with Crippen LogP contribution in [-0.4, -0.2) is 4.92 Å². The molecule has 0 aliphatic rings. The Balaban J connectivity index is 3.26. The smallest absolute Gasteiger partial charge is 0.258 e. The van der Waals surface area contributed by atoms with Gasteiger partial charge in [0.05, 0.1) is 4.92 Å². The summed E-state index contributed by atoms with van der Waals surface area (Å²) in [6, 6.07) is 6.00. The SMILES string of the molecule is [C]#Cc1ccccc1[N+](=O)[O-]. The number of nitrogens with zero attached hydrogens (tertiary/aromatic N) is 1. The van der Waals surface area contributed by atoms with Gasteiger partial charge in [-0.2, -0.15) is 0 Å². The van der Waals surface area contributed by atoms with Crippen molar-refractivity contribution in [2.45, 2.75) is 0 Å². The standard InChI is InChI=1S/C8H4NO2/c1-2-7-5-3-4-6-8(7)9(10)11/h3-6H. The summed E-state index contributed by atoms with van der Waals surface area (Å²) < 4.78 is 0. The molecule has 0 fully saturated rings. The van der Waals surface area contributed by atoms with Crippen molar-refractivity contribution in [1.82, 2.24) is 0 Å². The fourth-order valence-corrected chi connectivity index (χ4v) is 0.739. The minimum Gasteiger partial charge on any atom is -0.258 e. The van der Waals surface area contributed by atoms with Gasteiger partial charge in [-0.05, 0) is 18.4 Å². The van der Waals surface area contributed by atoms with Gasteiger partial charge in [-0.1, -0.05) is 12.1 Å². The number of benzene rings is 1. The first-order chi connectivity index (χ1) is 5.25. The maximum Gasteiger partial charge on any atom is 0.284 e. The Bertz CT molecular complexity index is 325. The summed E-state index contributed by atoms with van der Waals surface area (Å²) in [6.45, 7) is 0. The van der Waals surface area contributed by atoms with Gasteiger partial charge in [0.1, 0.15) is 5.56 Å². The van der Waals surface area contributed by atoms with Crippen molar-refractivity contribution in [3.05, 3.63) is 46.4 Å². The molecule has 0 heterocycles. The summed E-state index contributed by atoms with van der Waals surface area (Å²) in [5.41, 5.74) is 0.125. The molecule has 3 nitrogen and oxygen atoms in total. The first-order valence-corrected chi connectivity index (χ1v) is 2.92. The molecule has 3 heteroatoms. The average molecular weight is 146 g/mol. The molecule has 0 atom stereocenters. The van der Waals surface area contributed by atoms with Crippen molar-refractivity contribution in [2.24, 2.45) is 0 Å². The molecule has 0 spiro atoms. The molecule has 0 N–H and O–H groups in total. The fraction of sp³-hybridized carbons (Fsp3) is 0. The average Bonchev–Trinajstić information content (AvgIpc) is 2.04. The van der Waals surface area contributed by atoms with Gasteiger partial charge in [0.15, 0.2) is 0 Å². The summed E-state index contributed by atoms with van der Waals surface area (Å²) >= 11 is 0. The van der Waals surface area contributed by atoms with Crippen LogP contribution in [-0.2, 0) is 0 Å². The third-order valence-corrected chi connectivity index (χ3v) is 1.24. The van der Waals surface area contributed by atoms with E-state index in [4.69, 9.17) is 6.42 Å². The van der Waals surface area contributed by atoms with Crippen molar-refractivity contribution in [3.8, 4) is 5.92 Å². The molecule has 1 aromatic rings. The van der Waals surface area contributed by atoms with Crippen LogP contribution in [0.4, 0.5) is 5.69 Å². The molecular formula is C8H4NO2. The van der Waals surface area contributed by atoms with Crippen LogP contribution in [0.3, 0.4) is 0 Å². The normalized spacial score (nSPS) is 8.64. The molecule has 0 unspecified atom stereocenters. The Kier molecular flexibility index (Phi) is 1.88. The highest BCUT2D eigenvalue weighted by atomic mass is 16.6. The third kappa shape index (κ3) is 1.36. The van der Waals surface area contributed by atoms with Crippen molar-refractivity contribution < 1.29 is 4.92 Å². The van der Waals surface area contributed by atoms with Gasteiger partial charge in [0, 0.05) is 6.07 Å². The van der Waals surface area contributed by atoms with Gasteiger partial charge in [0.2, 0.25) is 0 Å². The lowest BCUT2D eigenvalue weighted by molar-refractivity contribution is -0.385. The third-order valence-electron chi connectivity index (χ3n) is 1.24. The first kappa shape index (κ1) is 7.29. The molecule has 0 aliphatic heterocycles. The largest absolute Gasteiger partial charge is 0.284 e. The van der Waals surface area contributed by atoms with Crippen LogP contribution in [0.1, 0.15) is 5.56 Å². The van der Waals surface area contributed by atoms with Gasteiger partial charge >= 0.3 is 0 Å². The number of nitro benzene ring substituents is 1. The molecule has 0 bridgehead atoms. The van der Waals surface area contributed by atoms with E-state index in [0.717, 1.165) is 0 Å². The highest BCUT2D eigenvalue weighted by Crippen LogP contribution is 2.15. The second-order valence-corrected chi connectivity index (χ2v) is 1.90. The van der Waals surface area contributed by atoms with Gasteiger partial charge in [-0.15, -0.1) is 0 Å². The molecule has 1 aromatic carbocycles. The van der Waals surface area contributed by atoms with E-state index in [9.17, 15) is 10.1 Å². The summed E-state index contributed by atoms with van der Waals surface area (Å²) in [6.07, 6.45) is 6.72. The van der Waals surface area contributed by atoms with Crippen LogP contribution >= 0.6 is 0 Å². The minimum absolute atomic E-state index is 0.0810. The Morgan fingerprint density at radius 1 is 1.45 bits per heavy atom. The fourth-order valence-electron chi connectivity index (χ4n) is 0.739. The van der Waals surface area contributed by atoms with Crippen LogP contribution in [0.15, 0.2) is 24.3 Å². The van der Waals surface area contributed by atoms with Crippen molar-refractivity contribution in [1.29, 1.82) is 0 Å². The minimum atomic E-state index is -0.531. The number of rotatable bonds is 1.